The average molecular weight is 342 g/mol. The predicted octanol–water partition coefficient (Wildman–Crippen LogP) is 3.13. The molecule has 3 aliphatic carbocycles. The monoisotopic (exact) mass is 341 g/mol. The smallest absolute Gasteiger partial charge is 0.212 e. The van der Waals surface area contributed by atoms with Crippen molar-refractivity contribution in [3.05, 3.63) is 0 Å². The lowest BCUT2D eigenvalue weighted by molar-refractivity contribution is -0.128. The Balaban J connectivity index is 1.78. The molecule has 0 saturated heterocycles. The summed E-state index contributed by atoms with van der Waals surface area (Å²) in [5.41, 5.74) is -0.850. The van der Waals surface area contributed by atoms with Crippen molar-refractivity contribution in [2.45, 2.75) is 72.3 Å². The molecule has 0 spiro atoms. The summed E-state index contributed by atoms with van der Waals surface area (Å²) >= 11 is 0. The average Bonchev–Trinajstić information content (AvgIpc) is 2.77. The van der Waals surface area contributed by atoms with E-state index in [9.17, 15) is 13.2 Å². The minimum atomic E-state index is -3.44. The number of carbonyl (C=O) groups excluding carboxylic acids is 1. The minimum Gasteiger partial charge on any atom is -0.299 e. The molecule has 0 radical (unpaired) electrons. The van der Waals surface area contributed by atoms with Crippen LogP contribution in [0.25, 0.3) is 0 Å². The molecule has 0 aromatic carbocycles. The van der Waals surface area contributed by atoms with Crippen LogP contribution >= 0.6 is 0 Å². The summed E-state index contributed by atoms with van der Waals surface area (Å²) < 4.78 is 28.7. The molecule has 5 atom stereocenters. The summed E-state index contributed by atoms with van der Waals surface area (Å²) in [5, 5.41) is 0. The van der Waals surface area contributed by atoms with Gasteiger partial charge in [0.05, 0.1) is 5.75 Å². The fourth-order valence-electron chi connectivity index (χ4n) is 5.45. The molecule has 1 N–H and O–H groups in total. The zero-order valence-corrected chi connectivity index (χ0v) is 15.7. The Morgan fingerprint density at radius 3 is 2.43 bits per heavy atom. The number of Topliss-reactive ketones (excluding diaryl/α,β-unsaturated/α-hetero) is 1. The number of carbonyl (C=O) groups is 1. The highest BCUT2D eigenvalue weighted by molar-refractivity contribution is 7.89. The van der Waals surface area contributed by atoms with Crippen LogP contribution in [0.5, 0.6) is 0 Å². The number of rotatable bonds is 4. The van der Waals surface area contributed by atoms with Gasteiger partial charge in [0.15, 0.2) is 0 Å². The zero-order valence-electron chi connectivity index (χ0n) is 14.9. The molecule has 0 aromatic rings. The first kappa shape index (κ1) is 17.4. The Hall–Kier alpha value is -0.420. The van der Waals surface area contributed by atoms with Crippen LogP contribution in [0.1, 0.15) is 66.2 Å². The maximum Gasteiger partial charge on any atom is 0.212 e. The Kier molecular flexibility index (Phi) is 4.20. The van der Waals surface area contributed by atoms with Crippen molar-refractivity contribution < 1.29 is 13.2 Å². The van der Waals surface area contributed by atoms with Crippen LogP contribution in [0, 0.1) is 28.6 Å². The molecule has 5 heteroatoms. The summed E-state index contributed by atoms with van der Waals surface area (Å²) in [4.78, 5) is 12.6. The molecule has 0 amide bonds. The van der Waals surface area contributed by atoms with Crippen molar-refractivity contribution in [1.29, 1.82) is 0 Å². The Morgan fingerprint density at radius 2 is 1.87 bits per heavy atom. The van der Waals surface area contributed by atoms with Gasteiger partial charge < -0.3 is 0 Å². The Morgan fingerprint density at radius 1 is 1.17 bits per heavy atom. The van der Waals surface area contributed by atoms with E-state index in [1.807, 2.05) is 0 Å². The van der Waals surface area contributed by atoms with E-state index >= 15 is 0 Å². The maximum absolute atomic E-state index is 12.9. The van der Waals surface area contributed by atoms with Crippen LogP contribution in [-0.2, 0) is 14.8 Å². The summed E-state index contributed by atoms with van der Waals surface area (Å²) in [7, 11) is -3.44. The van der Waals surface area contributed by atoms with E-state index in [-0.39, 0.29) is 23.0 Å². The molecule has 2 bridgehead atoms. The fourth-order valence-corrected chi connectivity index (χ4v) is 7.66. The predicted molar refractivity (Wildman–Crippen MR) is 91.5 cm³/mol. The van der Waals surface area contributed by atoms with Gasteiger partial charge in [-0.15, -0.1) is 0 Å². The highest BCUT2D eigenvalue weighted by Gasteiger charge is 2.65. The van der Waals surface area contributed by atoms with Crippen LogP contribution in [0.2, 0.25) is 0 Å². The van der Waals surface area contributed by atoms with Crippen molar-refractivity contribution >= 4 is 15.8 Å². The number of sulfonamides is 1. The van der Waals surface area contributed by atoms with Crippen LogP contribution in [0.4, 0.5) is 0 Å². The fraction of sp³-hybridized carbons (Fsp3) is 0.944. The third-order valence-corrected chi connectivity index (χ3v) is 9.15. The lowest BCUT2D eigenvalue weighted by atomic mass is 9.70. The van der Waals surface area contributed by atoms with Crippen LogP contribution < -0.4 is 4.72 Å². The molecule has 0 heterocycles. The van der Waals surface area contributed by atoms with E-state index in [0.717, 1.165) is 25.7 Å². The molecule has 3 saturated carbocycles. The second kappa shape index (κ2) is 5.55. The summed E-state index contributed by atoms with van der Waals surface area (Å²) in [6, 6.07) is 0.0250. The van der Waals surface area contributed by atoms with E-state index in [1.165, 1.54) is 6.42 Å². The Bertz CT molecular complexity index is 597. The summed E-state index contributed by atoms with van der Waals surface area (Å²) in [5.74, 6) is 1.43. The number of fused-ring (bicyclic) bond motifs is 2. The van der Waals surface area contributed by atoms with Gasteiger partial charge in [0, 0.05) is 17.9 Å². The number of hydrogen-bond acceptors (Lipinski definition) is 3. The molecule has 23 heavy (non-hydrogen) atoms. The zero-order chi connectivity index (χ0) is 17.0. The second-order valence-electron chi connectivity index (χ2n) is 8.92. The molecular formula is C18H31NO3S. The second-order valence-corrected chi connectivity index (χ2v) is 10.7. The molecule has 3 rings (SSSR count). The highest BCUT2D eigenvalue weighted by atomic mass is 32.2. The minimum absolute atomic E-state index is 0.0140. The number of ketones is 1. The molecule has 3 fully saturated rings. The topological polar surface area (TPSA) is 63.2 Å². The number of hydrogen-bond donors (Lipinski definition) is 1. The van der Waals surface area contributed by atoms with E-state index in [4.69, 9.17) is 0 Å². The van der Waals surface area contributed by atoms with Gasteiger partial charge >= 0.3 is 0 Å². The van der Waals surface area contributed by atoms with Gasteiger partial charge in [0.25, 0.3) is 0 Å². The normalized spacial score (nSPS) is 43.0. The number of nitrogens with one attached hydrogen (secondary N) is 1. The van der Waals surface area contributed by atoms with Crippen LogP contribution in [0.3, 0.4) is 0 Å². The first-order valence-electron chi connectivity index (χ1n) is 9.12. The van der Waals surface area contributed by atoms with Crippen molar-refractivity contribution in [2.75, 3.05) is 5.75 Å². The third kappa shape index (κ3) is 2.68. The molecular weight excluding hydrogens is 310 g/mol. The third-order valence-electron chi connectivity index (χ3n) is 7.61. The van der Waals surface area contributed by atoms with E-state index in [2.05, 4.69) is 32.4 Å². The van der Waals surface area contributed by atoms with Crippen molar-refractivity contribution in [3.63, 3.8) is 0 Å². The molecule has 132 valence electrons. The molecule has 0 aliphatic heterocycles. The van der Waals surface area contributed by atoms with E-state index < -0.39 is 15.4 Å². The van der Waals surface area contributed by atoms with Gasteiger partial charge in [-0.2, -0.15) is 0 Å². The van der Waals surface area contributed by atoms with Crippen LogP contribution in [-0.4, -0.2) is 26.0 Å². The van der Waals surface area contributed by atoms with Gasteiger partial charge in [-0.05, 0) is 42.4 Å². The van der Waals surface area contributed by atoms with Crippen LogP contribution in [0.15, 0.2) is 0 Å². The largest absolute Gasteiger partial charge is 0.299 e. The lowest BCUT2D eigenvalue weighted by Crippen LogP contribution is -2.50. The Labute approximate surface area is 140 Å². The quantitative estimate of drug-likeness (QED) is 0.854. The van der Waals surface area contributed by atoms with Gasteiger partial charge in [-0.1, -0.05) is 40.5 Å². The van der Waals surface area contributed by atoms with Crippen molar-refractivity contribution in [2.24, 2.45) is 28.6 Å². The highest BCUT2D eigenvalue weighted by Crippen LogP contribution is 2.64. The molecule has 0 unspecified atom stereocenters. The van der Waals surface area contributed by atoms with Crippen molar-refractivity contribution in [3.8, 4) is 0 Å². The maximum atomic E-state index is 12.9. The molecule has 0 aromatic heterocycles. The summed E-state index contributed by atoms with van der Waals surface area (Å²) in [6.45, 7) is 8.54. The van der Waals surface area contributed by atoms with E-state index in [0.29, 0.717) is 24.2 Å². The van der Waals surface area contributed by atoms with Gasteiger partial charge in [0.1, 0.15) is 5.78 Å². The standard InChI is InChI=1S/C18H31NO3S/c1-12-6-5-7-15(13(12)2)19-23(21,22)11-18-9-8-14(10-16(18)20)17(18,3)4/h12-15,19H,5-11H2,1-4H3/t12-,13+,14-,15-,18+/m0/s1. The first-order chi connectivity index (χ1) is 10.6. The molecule has 3 aliphatic rings. The summed E-state index contributed by atoms with van der Waals surface area (Å²) in [6.07, 6.45) is 5.47. The SMILES string of the molecule is C[C@H]1[C@@H](NS(=O)(=O)C[C@]23CC[C@@H](CC2=O)C3(C)C)CCC[C@@H]1C. The van der Waals surface area contributed by atoms with Gasteiger partial charge in [-0.3, -0.25) is 4.79 Å². The first-order valence-corrected chi connectivity index (χ1v) is 10.8. The van der Waals surface area contributed by atoms with E-state index in [1.54, 1.807) is 0 Å². The molecule has 4 nitrogen and oxygen atoms in total. The van der Waals surface area contributed by atoms with Crippen molar-refractivity contribution in [1.82, 2.24) is 4.72 Å². The van der Waals surface area contributed by atoms with Gasteiger partial charge in [0.2, 0.25) is 10.0 Å². The lowest BCUT2D eigenvalue weighted by Gasteiger charge is -2.38. The van der Waals surface area contributed by atoms with Gasteiger partial charge in [-0.25, -0.2) is 13.1 Å².